The van der Waals surface area contributed by atoms with Gasteiger partial charge in [0.2, 0.25) is 0 Å². The molecular formula is C20H13FO3S. The van der Waals surface area contributed by atoms with Crippen molar-refractivity contribution in [3.63, 3.8) is 0 Å². The predicted molar refractivity (Wildman–Crippen MR) is 96.3 cm³/mol. The third-order valence-corrected chi connectivity index (χ3v) is 5.05. The van der Waals surface area contributed by atoms with Crippen molar-refractivity contribution in [1.82, 2.24) is 0 Å². The van der Waals surface area contributed by atoms with E-state index in [0.717, 1.165) is 26.6 Å². The quantitative estimate of drug-likeness (QED) is 0.352. The van der Waals surface area contributed by atoms with Gasteiger partial charge in [-0.3, -0.25) is 0 Å². The van der Waals surface area contributed by atoms with E-state index in [9.17, 15) is 9.18 Å². The summed E-state index contributed by atoms with van der Waals surface area (Å²) in [6.45, 7) is 0. The first kappa shape index (κ1) is 15.6. The van der Waals surface area contributed by atoms with Gasteiger partial charge in [-0.15, -0.1) is 11.3 Å². The number of benzene rings is 2. The highest BCUT2D eigenvalue weighted by molar-refractivity contribution is 7.17. The van der Waals surface area contributed by atoms with E-state index < -0.39 is 5.97 Å². The van der Waals surface area contributed by atoms with E-state index >= 15 is 0 Å². The zero-order valence-corrected chi connectivity index (χ0v) is 14.1. The van der Waals surface area contributed by atoms with Crippen LogP contribution in [0.2, 0.25) is 0 Å². The van der Waals surface area contributed by atoms with Crippen LogP contribution in [0.4, 0.5) is 4.39 Å². The average Bonchev–Trinajstić information content (AvgIpc) is 3.00. The molecule has 0 radical (unpaired) electrons. The number of rotatable bonds is 2. The summed E-state index contributed by atoms with van der Waals surface area (Å²) >= 11 is 1.47. The Balaban J connectivity index is 1.93. The predicted octanol–water partition coefficient (Wildman–Crippen LogP) is 5.51. The Morgan fingerprint density at radius 1 is 1.08 bits per heavy atom. The second kappa shape index (κ2) is 6.18. The Hall–Kier alpha value is -2.92. The van der Waals surface area contributed by atoms with E-state index in [0.29, 0.717) is 11.3 Å². The van der Waals surface area contributed by atoms with Crippen molar-refractivity contribution in [1.29, 1.82) is 0 Å². The number of hydrogen-bond acceptors (Lipinski definition) is 4. The Morgan fingerprint density at radius 3 is 2.72 bits per heavy atom. The molecule has 0 N–H and O–H groups in total. The monoisotopic (exact) mass is 352 g/mol. The zero-order chi connectivity index (χ0) is 17.4. The first-order valence-corrected chi connectivity index (χ1v) is 8.44. The van der Waals surface area contributed by atoms with Crippen LogP contribution in [0.3, 0.4) is 0 Å². The number of methoxy groups -OCH3 is 1. The number of ether oxygens (including phenoxy) is 2. The largest absolute Gasteiger partial charge is 0.466 e. The van der Waals surface area contributed by atoms with Gasteiger partial charge in [-0.1, -0.05) is 18.2 Å². The molecule has 25 heavy (non-hydrogen) atoms. The number of carbonyl (C=O) groups is 1. The van der Waals surface area contributed by atoms with Crippen molar-refractivity contribution in [3.05, 3.63) is 65.3 Å². The molecule has 3 nitrogen and oxygen atoms in total. The molecule has 0 fully saturated rings. The number of fused-ring (bicyclic) bond motifs is 5. The van der Waals surface area contributed by atoms with Crippen LogP contribution < -0.4 is 4.74 Å². The Bertz CT molecular complexity index is 1000. The van der Waals surface area contributed by atoms with Gasteiger partial charge in [-0.2, -0.15) is 0 Å². The van der Waals surface area contributed by atoms with Crippen LogP contribution in [0.25, 0.3) is 27.6 Å². The van der Waals surface area contributed by atoms with Gasteiger partial charge in [0.05, 0.1) is 7.11 Å². The van der Waals surface area contributed by atoms with E-state index in [1.807, 2.05) is 30.3 Å². The molecule has 0 spiro atoms. The highest BCUT2D eigenvalue weighted by Gasteiger charge is 2.23. The number of carbonyl (C=O) groups excluding carboxylic acids is 1. The number of esters is 1. The molecule has 3 aromatic rings. The van der Waals surface area contributed by atoms with Gasteiger partial charge in [0.15, 0.2) is 0 Å². The number of para-hydroxylation sites is 1. The highest BCUT2D eigenvalue weighted by atomic mass is 32.1. The highest BCUT2D eigenvalue weighted by Crippen LogP contribution is 2.50. The lowest BCUT2D eigenvalue weighted by Crippen LogP contribution is -1.92. The van der Waals surface area contributed by atoms with Crippen LogP contribution in [0.1, 0.15) is 4.88 Å². The van der Waals surface area contributed by atoms with Crippen LogP contribution in [0, 0.1) is 5.82 Å². The molecule has 1 aliphatic rings. The number of hydrogen-bond donors (Lipinski definition) is 0. The summed E-state index contributed by atoms with van der Waals surface area (Å²) in [5, 5.41) is 0. The molecular weight excluding hydrogens is 339 g/mol. The topological polar surface area (TPSA) is 35.5 Å². The van der Waals surface area contributed by atoms with Crippen molar-refractivity contribution in [2.24, 2.45) is 0 Å². The molecule has 2 heterocycles. The Labute approximate surface area is 148 Å². The van der Waals surface area contributed by atoms with E-state index in [-0.39, 0.29) is 5.82 Å². The molecule has 1 aliphatic heterocycles. The van der Waals surface area contributed by atoms with E-state index in [4.69, 9.17) is 4.74 Å². The van der Waals surface area contributed by atoms with Gasteiger partial charge < -0.3 is 9.47 Å². The number of thiophene rings is 1. The molecule has 4 rings (SSSR count). The summed E-state index contributed by atoms with van der Waals surface area (Å²) in [7, 11) is 1.34. The number of halogens is 1. The minimum atomic E-state index is -0.418. The van der Waals surface area contributed by atoms with Crippen LogP contribution in [-0.2, 0) is 9.53 Å². The fraction of sp³-hybridized carbons (Fsp3) is 0.0500. The zero-order valence-electron chi connectivity index (χ0n) is 13.3. The summed E-state index contributed by atoms with van der Waals surface area (Å²) in [5.74, 6) is 0.589. The van der Waals surface area contributed by atoms with Crippen molar-refractivity contribution in [3.8, 4) is 33.1 Å². The van der Waals surface area contributed by atoms with Crippen molar-refractivity contribution >= 4 is 23.4 Å². The molecule has 0 atom stereocenters. The lowest BCUT2D eigenvalue weighted by molar-refractivity contribution is -0.134. The maximum absolute atomic E-state index is 13.8. The van der Waals surface area contributed by atoms with Gasteiger partial charge in [0.1, 0.15) is 17.3 Å². The SMILES string of the molecule is COC(=O)C=Cc1cc2c(s1)-c1cc(F)ccc1Oc1ccccc1-2. The molecule has 0 saturated carbocycles. The Kier molecular flexibility index (Phi) is 3.86. The lowest BCUT2D eigenvalue weighted by Gasteiger charge is -2.08. The van der Waals surface area contributed by atoms with Crippen LogP contribution in [-0.4, -0.2) is 13.1 Å². The first-order chi connectivity index (χ1) is 12.2. The van der Waals surface area contributed by atoms with Crippen molar-refractivity contribution in [2.45, 2.75) is 0 Å². The van der Waals surface area contributed by atoms with E-state index in [2.05, 4.69) is 4.74 Å². The van der Waals surface area contributed by atoms with E-state index in [1.165, 1.54) is 36.7 Å². The second-order valence-corrected chi connectivity index (χ2v) is 6.57. The molecule has 2 aromatic carbocycles. The van der Waals surface area contributed by atoms with Crippen LogP contribution in [0.15, 0.2) is 54.6 Å². The van der Waals surface area contributed by atoms with Gasteiger partial charge >= 0.3 is 5.97 Å². The molecule has 0 saturated heterocycles. The average molecular weight is 352 g/mol. The summed E-state index contributed by atoms with van der Waals surface area (Å²) in [4.78, 5) is 13.1. The lowest BCUT2D eigenvalue weighted by atomic mass is 10.0. The van der Waals surface area contributed by atoms with Gasteiger partial charge in [0.25, 0.3) is 0 Å². The maximum Gasteiger partial charge on any atom is 0.330 e. The minimum absolute atomic E-state index is 0.320. The van der Waals surface area contributed by atoms with Gasteiger partial charge in [0, 0.05) is 32.5 Å². The minimum Gasteiger partial charge on any atom is -0.466 e. The normalized spacial score (nSPS) is 11.9. The summed E-state index contributed by atoms with van der Waals surface area (Å²) in [5.41, 5.74) is 2.59. The smallest absolute Gasteiger partial charge is 0.330 e. The van der Waals surface area contributed by atoms with Gasteiger partial charge in [-0.05, 0) is 36.4 Å². The third kappa shape index (κ3) is 2.83. The second-order valence-electron chi connectivity index (χ2n) is 5.49. The molecule has 0 aliphatic carbocycles. The Morgan fingerprint density at radius 2 is 1.88 bits per heavy atom. The van der Waals surface area contributed by atoms with Crippen LogP contribution in [0.5, 0.6) is 11.5 Å². The summed E-state index contributed by atoms with van der Waals surface area (Å²) in [6.07, 6.45) is 3.08. The molecule has 0 unspecified atom stereocenters. The van der Waals surface area contributed by atoms with Crippen molar-refractivity contribution < 1.29 is 18.7 Å². The molecule has 5 heteroatoms. The standard InChI is InChI=1S/C20H13FO3S/c1-23-19(22)9-7-13-11-15-14-4-2-3-5-17(14)24-18-8-6-12(21)10-16(18)20(15)25-13/h2-11H,1H3. The fourth-order valence-electron chi connectivity index (χ4n) is 2.78. The van der Waals surface area contributed by atoms with E-state index in [1.54, 1.807) is 12.1 Å². The maximum atomic E-state index is 13.8. The first-order valence-electron chi connectivity index (χ1n) is 7.63. The van der Waals surface area contributed by atoms with Gasteiger partial charge in [-0.25, -0.2) is 9.18 Å². The van der Waals surface area contributed by atoms with Crippen LogP contribution >= 0.6 is 11.3 Å². The third-order valence-electron chi connectivity index (χ3n) is 3.92. The fourth-order valence-corrected chi connectivity index (χ4v) is 3.87. The molecule has 0 bridgehead atoms. The summed E-state index contributed by atoms with van der Waals surface area (Å²) < 4.78 is 24.5. The molecule has 1 aromatic heterocycles. The molecule has 124 valence electrons. The van der Waals surface area contributed by atoms with Crippen molar-refractivity contribution in [2.75, 3.05) is 7.11 Å². The molecule has 0 amide bonds. The summed E-state index contributed by atoms with van der Waals surface area (Å²) in [6, 6.07) is 14.2.